The third kappa shape index (κ3) is 3.02. The Balaban J connectivity index is 2.16. The molecule has 2 rings (SSSR count). The van der Waals surface area contributed by atoms with Gasteiger partial charge in [0.15, 0.2) is 0 Å². The van der Waals surface area contributed by atoms with Crippen LogP contribution in [0.2, 0.25) is 0 Å². The number of rotatable bonds is 4. The summed E-state index contributed by atoms with van der Waals surface area (Å²) >= 11 is 0. The van der Waals surface area contributed by atoms with Gasteiger partial charge in [0.2, 0.25) is 5.88 Å². The molecular weight excluding hydrogens is 238 g/mol. The van der Waals surface area contributed by atoms with E-state index in [-0.39, 0.29) is 6.04 Å². The second kappa shape index (κ2) is 5.87. The molecule has 0 saturated carbocycles. The Bertz CT molecular complexity index is 587. The van der Waals surface area contributed by atoms with Crippen LogP contribution in [0, 0.1) is 11.3 Å². The summed E-state index contributed by atoms with van der Waals surface area (Å²) in [5, 5.41) is 12.1. The Labute approximate surface area is 112 Å². The molecule has 2 aromatic rings. The lowest BCUT2D eigenvalue weighted by molar-refractivity contribution is 0.399. The normalized spacial score (nSPS) is 11.4. The maximum atomic E-state index is 8.78. The Kier molecular flexibility index (Phi) is 3.99. The van der Waals surface area contributed by atoms with Crippen LogP contribution in [-0.4, -0.2) is 12.1 Å². The second-order valence-electron chi connectivity index (χ2n) is 4.16. The summed E-state index contributed by atoms with van der Waals surface area (Å²) in [6.07, 6.45) is 1.69. The van der Waals surface area contributed by atoms with Crippen molar-refractivity contribution in [2.45, 2.75) is 13.0 Å². The minimum Gasteiger partial charge on any atom is -0.480 e. The molecule has 4 nitrogen and oxygen atoms in total. The minimum absolute atomic E-state index is 0.103. The number of nitrogens with zero attached hydrogens (tertiary/aromatic N) is 2. The van der Waals surface area contributed by atoms with Gasteiger partial charge in [-0.05, 0) is 36.8 Å². The molecule has 0 aliphatic heterocycles. The molecule has 0 spiro atoms. The van der Waals surface area contributed by atoms with Crippen LogP contribution in [-0.2, 0) is 0 Å². The molecule has 0 amide bonds. The average Bonchev–Trinajstić information content (AvgIpc) is 2.48. The van der Waals surface area contributed by atoms with E-state index in [0.29, 0.717) is 11.4 Å². The summed E-state index contributed by atoms with van der Waals surface area (Å²) < 4.78 is 5.20. The highest BCUT2D eigenvalue weighted by Gasteiger charge is 2.09. The molecule has 0 bridgehead atoms. The summed E-state index contributed by atoms with van der Waals surface area (Å²) in [6.45, 7) is 2.05. The van der Waals surface area contributed by atoms with Crippen molar-refractivity contribution < 1.29 is 4.74 Å². The first-order valence-electron chi connectivity index (χ1n) is 6.00. The van der Waals surface area contributed by atoms with E-state index in [4.69, 9.17) is 10.00 Å². The van der Waals surface area contributed by atoms with E-state index in [2.05, 4.69) is 16.4 Å². The largest absolute Gasteiger partial charge is 0.480 e. The lowest BCUT2D eigenvalue weighted by atomic mass is 10.1. The summed E-state index contributed by atoms with van der Waals surface area (Å²) in [7, 11) is 1.60. The number of methoxy groups -OCH3 is 1. The molecule has 1 unspecified atom stereocenters. The number of hydrogen-bond donors (Lipinski definition) is 1. The zero-order valence-corrected chi connectivity index (χ0v) is 10.9. The van der Waals surface area contributed by atoms with Crippen molar-refractivity contribution in [1.29, 1.82) is 5.26 Å². The molecule has 1 aromatic heterocycles. The molecule has 0 radical (unpaired) electrons. The van der Waals surface area contributed by atoms with Gasteiger partial charge in [-0.2, -0.15) is 5.26 Å². The van der Waals surface area contributed by atoms with Gasteiger partial charge in [0.05, 0.1) is 24.4 Å². The lowest BCUT2D eigenvalue weighted by Crippen LogP contribution is -2.08. The zero-order chi connectivity index (χ0) is 13.7. The van der Waals surface area contributed by atoms with E-state index in [1.165, 1.54) is 0 Å². The minimum atomic E-state index is 0.103. The van der Waals surface area contributed by atoms with Gasteiger partial charge in [0, 0.05) is 12.2 Å². The van der Waals surface area contributed by atoms with Gasteiger partial charge in [-0.3, -0.25) is 0 Å². The van der Waals surface area contributed by atoms with Gasteiger partial charge in [-0.1, -0.05) is 12.1 Å². The summed E-state index contributed by atoms with van der Waals surface area (Å²) in [5.41, 5.74) is 2.61. The molecule has 0 saturated heterocycles. The number of hydrogen-bond acceptors (Lipinski definition) is 4. The first-order chi connectivity index (χ1) is 9.24. The molecular formula is C15H15N3O. The summed E-state index contributed by atoms with van der Waals surface area (Å²) in [4.78, 5) is 4.14. The number of anilines is 1. The number of benzene rings is 1. The molecule has 1 N–H and O–H groups in total. The second-order valence-corrected chi connectivity index (χ2v) is 4.16. The van der Waals surface area contributed by atoms with E-state index in [9.17, 15) is 0 Å². The number of pyridine rings is 1. The maximum absolute atomic E-state index is 8.78. The van der Waals surface area contributed by atoms with Crippen LogP contribution >= 0.6 is 0 Å². The van der Waals surface area contributed by atoms with Gasteiger partial charge in [-0.25, -0.2) is 4.98 Å². The first kappa shape index (κ1) is 12.9. The standard InChI is InChI=1S/C15H15N3O/c1-11(13-7-5-12(10-16)6-8-13)18-14-4-3-9-17-15(14)19-2/h3-9,11,18H,1-2H3. The predicted molar refractivity (Wildman–Crippen MR) is 74.0 cm³/mol. The van der Waals surface area contributed by atoms with Gasteiger partial charge in [0.25, 0.3) is 0 Å². The SMILES string of the molecule is COc1ncccc1NC(C)c1ccc(C#N)cc1. The van der Waals surface area contributed by atoms with Crippen LogP contribution < -0.4 is 10.1 Å². The quantitative estimate of drug-likeness (QED) is 0.909. The van der Waals surface area contributed by atoms with E-state index in [1.807, 2.05) is 43.3 Å². The summed E-state index contributed by atoms with van der Waals surface area (Å²) in [6, 6.07) is 13.5. The van der Waals surface area contributed by atoms with Crippen molar-refractivity contribution >= 4 is 5.69 Å². The average molecular weight is 253 g/mol. The van der Waals surface area contributed by atoms with E-state index in [1.54, 1.807) is 13.3 Å². The number of aromatic nitrogens is 1. The van der Waals surface area contributed by atoms with Crippen LogP contribution in [0.4, 0.5) is 5.69 Å². The van der Waals surface area contributed by atoms with Crippen molar-refractivity contribution in [3.05, 3.63) is 53.7 Å². The van der Waals surface area contributed by atoms with Crippen LogP contribution in [0.15, 0.2) is 42.6 Å². The van der Waals surface area contributed by atoms with Gasteiger partial charge < -0.3 is 10.1 Å². The Morgan fingerprint density at radius 3 is 2.63 bits per heavy atom. The number of nitriles is 1. The fourth-order valence-corrected chi connectivity index (χ4v) is 1.83. The highest BCUT2D eigenvalue weighted by molar-refractivity contribution is 5.53. The molecule has 0 aliphatic carbocycles. The third-order valence-corrected chi connectivity index (χ3v) is 2.88. The van der Waals surface area contributed by atoms with E-state index >= 15 is 0 Å². The number of nitrogens with one attached hydrogen (secondary N) is 1. The molecule has 0 aliphatic rings. The topological polar surface area (TPSA) is 57.9 Å². The molecule has 0 fully saturated rings. The Hall–Kier alpha value is -2.54. The fraction of sp³-hybridized carbons (Fsp3) is 0.200. The highest BCUT2D eigenvalue weighted by Crippen LogP contribution is 2.25. The smallest absolute Gasteiger partial charge is 0.237 e. The zero-order valence-electron chi connectivity index (χ0n) is 10.9. The Morgan fingerprint density at radius 2 is 2.00 bits per heavy atom. The molecule has 19 heavy (non-hydrogen) atoms. The first-order valence-corrected chi connectivity index (χ1v) is 6.00. The van der Waals surface area contributed by atoms with E-state index < -0.39 is 0 Å². The molecule has 96 valence electrons. The summed E-state index contributed by atoms with van der Waals surface area (Å²) in [5.74, 6) is 0.572. The van der Waals surface area contributed by atoms with Gasteiger partial charge in [-0.15, -0.1) is 0 Å². The maximum Gasteiger partial charge on any atom is 0.237 e. The lowest BCUT2D eigenvalue weighted by Gasteiger charge is -2.17. The fourth-order valence-electron chi connectivity index (χ4n) is 1.83. The molecule has 1 heterocycles. The van der Waals surface area contributed by atoms with Crippen molar-refractivity contribution in [3.63, 3.8) is 0 Å². The van der Waals surface area contributed by atoms with Crippen molar-refractivity contribution in [1.82, 2.24) is 4.98 Å². The van der Waals surface area contributed by atoms with Crippen molar-refractivity contribution in [2.24, 2.45) is 0 Å². The van der Waals surface area contributed by atoms with Gasteiger partial charge in [0.1, 0.15) is 0 Å². The van der Waals surface area contributed by atoms with Crippen LogP contribution in [0.3, 0.4) is 0 Å². The number of ether oxygens (including phenoxy) is 1. The third-order valence-electron chi connectivity index (χ3n) is 2.88. The van der Waals surface area contributed by atoms with E-state index in [0.717, 1.165) is 11.3 Å². The van der Waals surface area contributed by atoms with Gasteiger partial charge >= 0.3 is 0 Å². The highest BCUT2D eigenvalue weighted by atomic mass is 16.5. The van der Waals surface area contributed by atoms with Crippen LogP contribution in [0.25, 0.3) is 0 Å². The van der Waals surface area contributed by atoms with Crippen LogP contribution in [0.5, 0.6) is 5.88 Å². The Morgan fingerprint density at radius 1 is 1.26 bits per heavy atom. The molecule has 1 atom stereocenters. The van der Waals surface area contributed by atoms with Crippen molar-refractivity contribution in [2.75, 3.05) is 12.4 Å². The monoisotopic (exact) mass is 253 g/mol. The predicted octanol–water partition coefficient (Wildman–Crippen LogP) is 3.13. The molecule has 1 aromatic carbocycles. The van der Waals surface area contributed by atoms with Crippen molar-refractivity contribution in [3.8, 4) is 11.9 Å². The molecule has 4 heteroatoms. The van der Waals surface area contributed by atoms with Crippen LogP contribution in [0.1, 0.15) is 24.1 Å².